The molecular formula is C18H14FN3O2S. The Kier molecular flexibility index (Phi) is 5.15. The third-order valence-electron chi connectivity index (χ3n) is 3.35. The number of hydrazine groups is 1. The van der Waals surface area contributed by atoms with Crippen molar-refractivity contribution >= 4 is 23.2 Å². The lowest BCUT2D eigenvalue weighted by molar-refractivity contribution is -0.121. The molecule has 2 amide bonds. The summed E-state index contributed by atoms with van der Waals surface area (Å²) in [4.78, 5) is 28.2. The Morgan fingerprint density at radius 2 is 1.72 bits per heavy atom. The second-order valence-corrected chi connectivity index (χ2v) is 6.03. The Bertz CT molecular complexity index is 896. The zero-order valence-electron chi connectivity index (χ0n) is 13.0. The van der Waals surface area contributed by atoms with Crippen molar-refractivity contribution in [3.63, 3.8) is 0 Å². The second kappa shape index (κ2) is 7.67. The predicted molar refractivity (Wildman–Crippen MR) is 93.3 cm³/mol. The van der Waals surface area contributed by atoms with Crippen molar-refractivity contribution in [1.82, 2.24) is 15.8 Å². The summed E-state index contributed by atoms with van der Waals surface area (Å²) < 4.78 is 13.5. The number of carbonyl (C=O) groups is 2. The van der Waals surface area contributed by atoms with Gasteiger partial charge in [0.15, 0.2) is 0 Å². The van der Waals surface area contributed by atoms with Crippen LogP contribution < -0.4 is 10.9 Å². The molecule has 2 N–H and O–H groups in total. The Balaban J connectivity index is 1.56. The molecule has 1 aromatic heterocycles. The van der Waals surface area contributed by atoms with Gasteiger partial charge in [-0.15, -0.1) is 11.3 Å². The van der Waals surface area contributed by atoms with Crippen molar-refractivity contribution in [2.75, 3.05) is 0 Å². The summed E-state index contributed by atoms with van der Waals surface area (Å²) in [7, 11) is 0. The SMILES string of the molecule is O=C(Cc1csc(-c2ccccc2)n1)NNC(=O)c1ccccc1F. The minimum Gasteiger partial charge on any atom is -0.273 e. The molecule has 5 nitrogen and oxygen atoms in total. The van der Waals surface area contributed by atoms with E-state index in [0.29, 0.717) is 5.69 Å². The van der Waals surface area contributed by atoms with Crippen LogP contribution in [0.15, 0.2) is 60.0 Å². The summed E-state index contributed by atoms with van der Waals surface area (Å²) in [5.41, 5.74) is 5.90. The number of rotatable bonds is 4. The molecule has 1 heterocycles. The highest BCUT2D eigenvalue weighted by Gasteiger charge is 2.13. The molecule has 0 aliphatic heterocycles. The van der Waals surface area contributed by atoms with E-state index >= 15 is 0 Å². The molecule has 0 bridgehead atoms. The molecule has 126 valence electrons. The van der Waals surface area contributed by atoms with Crippen LogP contribution in [0.2, 0.25) is 0 Å². The first-order valence-corrected chi connectivity index (χ1v) is 8.35. The third-order valence-corrected chi connectivity index (χ3v) is 4.29. The smallest absolute Gasteiger partial charge is 0.272 e. The third kappa shape index (κ3) is 4.27. The summed E-state index contributed by atoms with van der Waals surface area (Å²) >= 11 is 1.44. The zero-order valence-corrected chi connectivity index (χ0v) is 13.8. The lowest BCUT2D eigenvalue weighted by Gasteiger charge is -2.07. The van der Waals surface area contributed by atoms with Crippen LogP contribution in [0, 0.1) is 5.82 Å². The van der Waals surface area contributed by atoms with E-state index < -0.39 is 17.6 Å². The summed E-state index contributed by atoms with van der Waals surface area (Å²) in [5, 5.41) is 2.61. The summed E-state index contributed by atoms with van der Waals surface area (Å²) in [5.74, 6) is -1.80. The Hall–Kier alpha value is -3.06. The number of amides is 2. The fourth-order valence-electron chi connectivity index (χ4n) is 2.15. The lowest BCUT2D eigenvalue weighted by atomic mass is 10.2. The maximum atomic E-state index is 13.5. The van der Waals surface area contributed by atoms with E-state index in [0.717, 1.165) is 10.6 Å². The van der Waals surface area contributed by atoms with Crippen molar-refractivity contribution in [2.24, 2.45) is 0 Å². The van der Waals surface area contributed by atoms with Gasteiger partial charge in [0.1, 0.15) is 10.8 Å². The average Bonchev–Trinajstić information content (AvgIpc) is 3.09. The number of hydrogen-bond donors (Lipinski definition) is 2. The molecule has 0 aliphatic carbocycles. The molecule has 2 aromatic carbocycles. The first-order chi connectivity index (χ1) is 12.1. The highest BCUT2D eigenvalue weighted by Crippen LogP contribution is 2.23. The number of thiazole rings is 1. The molecule has 25 heavy (non-hydrogen) atoms. The van der Waals surface area contributed by atoms with Gasteiger partial charge in [-0.3, -0.25) is 20.4 Å². The van der Waals surface area contributed by atoms with Gasteiger partial charge in [-0.1, -0.05) is 42.5 Å². The minimum atomic E-state index is -0.713. The second-order valence-electron chi connectivity index (χ2n) is 5.17. The molecule has 0 atom stereocenters. The molecule has 0 saturated carbocycles. The van der Waals surface area contributed by atoms with E-state index in [9.17, 15) is 14.0 Å². The largest absolute Gasteiger partial charge is 0.273 e. The van der Waals surface area contributed by atoms with Crippen LogP contribution in [0.4, 0.5) is 4.39 Å². The van der Waals surface area contributed by atoms with E-state index in [1.807, 2.05) is 30.3 Å². The van der Waals surface area contributed by atoms with E-state index in [-0.39, 0.29) is 12.0 Å². The molecule has 7 heteroatoms. The van der Waals surface area contributed by atoms with Crippen LogP contribution in [-0.4, -0.2) is 16.8 Å². The Labute approximate surface area is 147 Å². The van der Waals surface area contributed by atoms with Crippen LogP contribution in [-0.2, 0) is 11.2 Å². The summed E-state index contributed by atoms with van der Waals surface area (Å²) in [6, 6.07) is 15.2. The Morgan fingerprint density at radius 3 is 2.48 bits per heavy atom. The number of benzene rings is 2. The molecule has 0 fully saturated rings. The van der Waals surface area contributed by atoms with E-state index in [2.05, 4.69) is 15.8 Å². The number of nitrogens with one attached hydrogen (secondary N) is 2. The molecule has 3 rings (SSSR count). The fraction of sp³-hybridized carbons (Fsp3) is 0.0556. The van der Waals surface area contributed by atoms with E-state index in [1.54, 1.807) is 11.4 Å². The highest BCUT2D eigenvalue weighted by atomic mass is 32.1. The van der Waals surface area contributed by atoms with Crippen molar-refractivity contribution in [1.29, 1.82) is 0 Å². The number of nitrogens with zero attached hydrogens (tertiary/aromatic N) is 1. The van der Waals surface area contributed by atoms with E-state index in [1.165, 1.54) is 29.5 Å². The number of carbonyl (C=O) groups excluding carboxylic acids is 2. The van der Waals surface area contributed by atoms with Crippen molar-refractivity contribution in [3.8, 4) is 10.6 Å². The van der Waals surface area contributed by atoms with Crippen LogP contribution >= 0.6 is 11.3 Å². The van der Waals surface area contributed by atoms with Crippen molar-refractivity contribution in [3.05, 3.63) is 77.1 Å². The van der Waals surface area contributed by atoms with Crippen LogP contribution in [0.1, 0.15) is 16.1 Å². The van der Waals surface area contributed by atoms with Gasteiger partial charge in [-0.2, -0.15) is 0 Å². The van der Waals surface area contributed by atoms with Crippen LogP contribution in [0.5, 0.6) is 0 Å². The zero-order chi connectivity index (χ0) is 17.6. The van der Waals surface area contributed by atoms with Gasteiger partial charge in [0.2, 0.25) is 5.91 Å². The fourth-order valence-corrected chi connectivity index (χ4v) is 2.98. The first-order valence-electron chi connectivity index (χ1n) is 7.47. The van der Waals surface area contributed by atoms with Gasteiger partial charge in [0, 0.05) is 10.9 Å². The quantitative estimate of drug-likeness (QED) is 0.707. The molecule has 0 spiro atoms. The predicted octanol–water partition coefficient (Wildman–Crippen LogP) is 2.95. The molecule has 0 saturated heterocycles. The summed E-state index contributed by atoms with van der Waals surface area (Å²) in [6.45, 7) is 0. The van der Waals surface area contributed by atoms with Gasteiger partial charge in [0.25, 0.3) is 5.91 Å². The lowest BCUT2D eigenvalue weighted by Crippen LogP contribution is -2.42. The normalized spacial score (nSPS) is 10.3. The van der Waals surface area contributed by atoms with Crippen molar-refractivity contribution < 1.29 is 14.0 Å². The Morgan fingerprint density at radius 1 is 1.00 bits per heavy atom. The van der Waals surface area contributed by atoms with Gasteiger partial charge >= 0.3 is 0 Å². The molecule has 0 unspecified atom stereocenters. The number of halogens is 1. The monoisotopic (exact) mass is 355 g/mol. The molecular weight excluding hydrogens is 341 g/mol. The maximum Gasteiger partial charge on any atom is 0.272 e. The highest BCUT2D eigenvalue weighted by molar-refractivity contribution is 7.13. The van der Waals surface area contributed by atoms with Crippen LogP contribution in [0.3, 0.4) is 0 Å². The van der Waals surface area contributed by atoms with Gasteiger partial charge in [-0.25, -0.2) is 9.37 Å². The minimum absolute atomic E-state index is 0.0148. The topological polar surface area (TPSA) is 71.1 Å². The number of hydrogen-bond acceptors (Lipinski definition) is 4. The van der Waals surface area contributed by atoms with E-state index in [4.69, 9.17) is 0 Å². The molecule has 0 aliphatic rings. The maximum absolute atomic E-state index is 13.5. The van der Waals surface area contributed by atoms with Crippen molar-refractivity contribution in [2.45, 2.75) is 6.42 Å². The molecule has 0 radical (unpaired) electrons. The van der Waals surface area contributed by atoms with Gasteiger partial charge in [-0.05, 0) is 12.1 Å². The standard InChI is InChI=1S/C18H14FN3O2S/c19-15-9-5-4-8-14(15)17(24)22-21-16(23)10-13-11-25-18(20-13)12-6-2-1-3-7-12/h1-9,11H,10H2,(H,21,23)(H,22,24). The van der Waals surface area contributed by atoms with Crippen LogP contribution in [0.25, 0.3) is 10.6 Å². The van der Waals surface area contributed by atoms with Gasteiger partial charge in [0.05, 0.1) is 17.7 Å². The first kappa shape index (κ1) is 16.8. The van der Waals surface area contributed by atoms with Gasteiger partial charge < -0.3 is 0 Å². The summed E-state index contributed by atoms with van der Waals surface area (Å²) in [6.07, 6.45) is 0.0148. The molecule has 3 aromatic rings. The average molecular weight is 355 g/mol. The number of aromatic nitrogens is 1.